The highest BCUT2D eigenvalue weighted by Crippen LogP contribution is 2.40. The van der Waals surface area contributed by atoms with Crippen molar-refractivity contribution in [3.05, 3.63) is 23.8 Å². The van der Waals surface area contributed by atoms with Crippen molar-refractivity contribution in [1.82, 2.24) is 4.90 Å². The number of benzene rings is 1. The van der Waals surface area contributed by atoms with Crippen LogP contribution in [0.25, 0.3) is 0 Å². The Kier molecular flexibility index (Phi) is 6.94. The van der Waals surface area contributed by atoms with E-state index in [0.29, 0.717) is 19.8 Å². The van der Waals surface area contributed by atoms with Gasteiger partial charge in [-0.3, -0.25) is 4.90 Å². The predicted molar refractivity (Wildman–Crippen MR) is 104 cm³/mol. The number of hydrogen-bond acceptors (Lipinski definition) is 5. The third kappa shape index (κ3) is 5.35. The smallest absolute Gasteiger partial charge is 0.122 e. The van der Waals surface area contributed by atoms with Crippen molar-refractivity contribution in [3.63, 3.8) is 0 Å². The predicted octanol–water partition coefficient (Wildman–Crippen LogP) is 3.41. The molecule has 0 spiro atoms. The monoisotopic (exact) mass is 365 g/mol. The molecule has 5 heteroatoms. The zero-order chi connectivity index (χ0) is 19.4. The minimum Gasteiger partial charge on any atom is -0.491 e. The zero-order valence-electron chi connectivity index (χ0n) is 17.2. The Morgan fingerprint density at radius 1 is 1.08 bits per heavy atom. The summed E-state index contributed by atoms with van der Waals surface area (Å²) in [5, 5.41) is 10.5. The van der Waals surface area contributed by atoms with Gasteiger partial charge >= 0.3 is 0 Å². The molecule has 1 aromatic carbocycles. The van der Waals surface area contributed by atoms with Gasteiger partial charge < -0.3 is 19.3 Å². The Morgan fingerprint density at radius 3 is 2.31 bits per heavy atom. The fourth-order valence-electron chi connectivity index (χ4n) is 3.76. The second-order valence-corrected chi connectivity index (χ2v) is 8.47. The van der Waals surface area contributed by atoms with Gasteiger partial charge in [0.25, 0.3) is 0 Å². The van der Waals surface area contributed by atoms with E-state index in [0.717, 1.165) is 29.9 Å². The summed E-state index contributed by atoms with van der Waals surface area (Å²) in [6.07, 6.45) is 1.78. The molecule has 1 aromatic rings. The summed E-state index contributed by atoms with van der Waals surface area (Å²) in [5.74, 6) is 1.58. The van der Waals surface area contributed by atoms with Gasteiger partial charge in [0.05, 0.1) is 6.61 Å². The van der Waals surface area contributed by atoms with Crippen molar-refractivity contribution in [2.24, 2.45) is 0 Å². The lowest BCUT2D eigenvalue weighted by Crippen LogP contribution is -2.52. The quantitative estimate of drug-likeness (QED) is 0.680. The summed E-state index contributed by atoms with van der Waals surface area (Å²) in [4.78, 5) is 2.41. The molecule has 0 aliphatic carbocycles. The number of aryl methyl sites for hydroxylation is 1. The molecule has 0 radical (unpaired) electrons. The van der Waals surface area contributed by atoms with Crippen LogP contribution in [0.5, 0.6) is 11.5 Å². The van der Waals surface area contributed by atoms with E-state index in [1.807, 2.05) is 25.1 Å². The van der Waals surface area contributed by atoms with Crippen LogP contribution in [0, 0.1) is 6.92 Å². The maximum absolute atomic E-state index is 10.5. The van der Waals surface area contributed by atoms with Gasteiger partial charge in [-0.2, -0.15) is 0 Å². The first-order valence-electron chi connectivity index (χ1n) is 9.47. The van der Waals surface area contributed by atoms with Gasteiger partial charge in [-0.15, -0.1) is 0 Å². The maximum atomic E-state index is 10.5. The van der Waals surface area contributed by atoms with Crippen molar-refractivity contribution >= 4 is 0 Å². The van der Waals surface area contributed by atoms with Crippen LogP contribution in [-0.4, -0.2) is 60.7 Å². The SMILES string of the molecule is COCCOc1ccc(OCC(O)CN2C(C)(C)CCC2(C)C)c(C)c1. The molecule has 26 heavy (non-hydrogen) atoms. The second kappa shape index (κ2) is 8.59. The van der Waals surface area contributed by atoms with E-state index in [1.165, 1.54) is 0 Å². The third-order valence-electron chi connectivity index (χ3n) is 5.34. The summed E-state index contributed by atoms with van der Waals surface area (Å²) in [5.41, 5.74) is 1.22. The molecule has 148 valence electrons. The van der Waals surface area contributed by atoms with Gasteiger partial charge in [0, 0.05) is 24.7 Å². The molecular weight excluding hydrogens is 330 g/mol. The fourth-order valence-corrected chi connectivity index (χ4v) is 3.76. The lowest BCUT2D eigenvalue weighted by molar-refractivity contribution is 0.00521. The van der Waals surface area contributed by atoms with Crippen LogP contribution in [0.15, 0.2) is 18.2 Å². The molecule has 0 amide bonds. The minimum atomic E-state index is -0.524. The molecule has 1 heterocycles. The highest BCUT2D eigenvalue weighted by molar-refractivity contribution is 5.39. The lowest BCUT2D eigenvalue weighted by Gasteiger charge is -2.41. The van der Waals surface area contributed by atoms with Gasteiger partial charge in [-0.25, -0.2) is 0 Å². The number of ether oxygens (including phenoxy) is 3. The molecule has 2 rings (SSSR count). The number of hydrogen-bond donors (Lipinski definition) is 1. The van der Waals surface area contributed by atoms with Crippen LogP contribution in [-0.2, 0) is 4.74 Å². The van der Waals surface area contributed by atoms with Crippen molar-refractivity contribution in [1.29, 1.82) is 0 Å². The highest BCUT2D eigenvalue weighted by Gasteiger charge is 2.44. The number of methoxy groups -OCH3 is 1. The first-order valence-corrected chi connectivity index (χ1v) is 9.47. The van der Waals surface area contributed by atoms with E-state index in [-0.39, 0.29) is 17.7 Å². The minimum absolute atomic E-state index is 0.113. The molecular formula is C21H35NO4. The molecule has 1 unspecified atom stereocenters. The largest absolute Gasteiger partial charge is 0.491 e. The van der Waals surface area contributed by atoms with E-state index in [1.54, 1.807) is 7.11 Å². The molecule has 5 nitrogen and oxygen atoms in total. The number of nitrogens with zero attached hydrogens (tertiary/aromatic N) is 1. The van der Waals surface area contributed by atoms with Gasteiger partial charge in [-0.05, 0) is 71.2 Å². The van der Waals surface area contributed by atoms with Gasteiger partial charge in [-0.1, -0.05) is 0 Å². The molecule has 0 aromatic heterocycles. The summed E-state index contributed by atoms with van der Waals surface area (Å²) in [6.45, 7) is 13.0. The Balaban J connectivity index is 1.88. The Bertz CT molecular complexity index is 569. The number of likely N-dealkylation sites (tertiary alicyclic amines) is 1. The first-order chi connectivity index (χ1) is 12.2. The van der Waals surface area contributed by atoms with Crippen LogP contribution >= 0.6 is 0 Å². The fraction of sp³-hybridized carbons (Fsp3) is 0.714. The molecule has 0 saturated carbocycles. The summed E-state index contributed by atoms with van der Waals surface area (Å²) >= 11 is 0. The van der Waals surface area contributed by atoms with Gasteiger partial charge in [0.15, 0.2) is 0 Å². The third-order valence-corrected chi connectivity index (χ3v) is 5.34. The van der Waals surface area contributed by atoms with E-state index in [2.05, 4.69) is 32.6 Å². The summed E-state index contributed by atoms with van der Waals surface area (Å²) < 4.78 is 16.5. The van der Waals surface area contributed by atoms with Crippen LogP contribution in [0.2, 0.25) is 0 Å². The van der Waals surface area contributed by atoms with Crippen LogP contribution in [0.1, 0.15) is 46.1 Å². The van der Waals surface area contributed by atoms with Crippen LogP contribution in [0.4, 0.5) is 0 Å². The van der Waals surface area contributed by atoms with Gasteiger partial charge in [0.2, 0.25) is 0 Å². The topological polar surface area (TPSA) is 51.2 Å². The van der Waals surface area contributed by atoms with Crippen molar-refractivity contribution in [2.75, 3.05) is 33.5 Å². The molecule has 1 N–H and O–H groups in total. The second-order valence-electron chi connectivity index (χ2n) is 8.47. The van der Waals surface area contributed by atoms with E-state index in [4.69, 9.17) is 14.2 Å². The number of rotatable bonds is 9. The molecule has 0 bridgehead atoms. The van der Waals surface area contributed by atoms with E-state index >= 15 is 0 Å². The number of aliphatic hydroxyl groups excluding tert-OH is 1. The first kappa shape index (κ1) is 21.0. The normalized spacial score (nSPS) is 20.1. The average molecular weight is 366 g/mol. The average Bonchev–Trinajstić information content (AvgIpc) is 2.77. The Labute approximate surface area is 158 Å². The highest BCUT2D eigenvalue weighted by atomic mass is 16.5. The Morgan fingerprint density at radius 2 is 1.73 bits per heavy atom. The number of aliphatic hydroxyl groups is 1. The molecule has 1 fully saturated rings. The van der Waals surface area contributed by atoms with Crippen molar-refractivity contribution in [2.45, 2.75) is 64.6 Å². The Hall–Kier alpha value is -1.30. The molecule has 1 aliphatic heterocycles. The van der Waals surface area contributed by atoms with Crippen molar-refractivity contribution in [3.8, 4) is 11.5 Å². The maximum Gasteiger partial charge on any atom is 0.122 e. The van der Waals surface area contributed by atoms with Crippen LogP contribution in [0.3, 0.4) is 0 Å². The standard InChI is InChI=1S/C21H35NO4/c1-16-13-18(25-12-11-24-6)7-8-19(16)26-15-17(23)14-22-20(2,3)9-10-21(22,4)5/h7-8,13,17,23H,9-12,14-15H2,1-6H3. The molecule has 1 saturated heterocycles. The summed E-state index contributed by atoms with van der Waals surface area (Å²) in [7, 11) is 1.65. The van der Waals surface area contributed by atoms with Crippen molar-refractivity contribution < 1.29 is 19.3 Å². The summed E-state index contributed by atoms with van der Waals surface area (Å²) in [6, 6.07) is 5.73. The van der Waals surface area contributed by atoms with Gasteiger partial charge in [0.1, 0.15) is 30.8 Å². The van der Waals surface area contributed by atoms with E-state index < -0.39 is 6.10 Å². The lowest BCUT2D eigenvalue weighted by atomic mass is 10.0. The molecule has 1 aliphatic rings. The van der Waals surface area contributed by atoms with Crippen LogP contribution < -0.4 is 9.47 Å². The zero-order valence-corrected chi connectivity index (χ0v) is 17.2. The number of β-amino-alcohol motifs (C(OH)–C–C–N with tert-alkyl or cyclic N) is 1. The van der Waals surface area contributed by atoms with E-state index in [9.17, 15) is 5.11 Å². The molecule has 1 atom stereocenters.